The molecule has 0 aromatic heterocycles. The second-order valence-electron chi connectivity index (χ2n) is 4.35. The molecule has 0 saturated heterocycles. The summed E-state index contributed by atoms with van der Waals surface area (Å²) in [6.07, 6.45) is 1.75. The zero-order valence-corrected chi connectivity index (χ0v) is 12.4. The molecule has 0 aliphatic heterocycles. The van der Waals surface area contributed by atoms with Crippen molar-refractivity contribution in [2.45, 2.75) is 32.4 Å². The van der Waals surface area contributed by atoms with Gasteiger partial charge in [-0.15, -0.1) is 0 Å². The number of hydrogen-bond donors (Lipinski definition) is 0. The van der Waals surface area contributed by atoms with E-state index in [1.54, 1.807) is 4.90 Å². The van der Waals surface area contributed by atoms with E-state index in [-0.39, 0.29) is 11.0 Å². The molecule has 0 unspecified atom stereocenters. The van der Waals surface area contributed by atoms with Crippen molar-refractivity contribution in [2.24, 2.45) is 0 Å². The van der Waals surface area contributed by atoms with Crippen molar-refractivity contribution in [3.8, 4) is 0 Å². The van der Waals surface area contributed by atoms with E-state index in [4.69, 9.17) is 0 Å². The van der Waals surface area contributed by atoms with Crippen LogP contribution in [-0.4, -0.2) is 29.0 Å². The standard InChI is InChI=1S/C15H21NO2S/c1-3-10-16(11-4-2)14(17)15(18)19-12-13-8-6-5-7-9-13/h5-9H,3-4,10-12H2,1-2H3. The van der Waals surface area contributed by atoms with E-state index >= 15 is 0 Å². The highest BCUT2D eigenvalue weighted by Gasteiger charge is 2.20. The third-order valence-electron chi connectivity index (χ3n) is 2.66. The first kappa shape index (κ1) is 15.8. The van der Waals surface area contributed by atoms with E-state index in [9.17, 15) is 9.59 Å². The molecule has 0 spiro atoms. The Labute approximate surface area is 119 Å². The lowest BCUT2D eigenvalue weighted by molar-refractivity contribution is -0.140. The average molecular weight is 279 g/mol. The molecule has 3 nitrogen and oxygen atoms in total. The Hall–Kier alpha value is -1.29. The van der Waals surface area contributed by atoms with E-state index in [0.717, 1.165) is 30.2 Å². The first-order valence-electron chi connectivity index (χ1n) is 6.69. The fourth-order valence-corrected chi connectivity index (χ4v) is 2.51. The lowest BCUT2D eigenvalue weighted by Crippen LogP contribution is -2.36. The summed E-state index contributed by atoms with van der Waals surface area (Å²) in [6, 6.07) is 9.72. The monoisotopic (exact) mass is 279 g/mol. The van der Waals surface area contributed by atoms with Gasteiger partial charge < -0.3 is 4.90 Å². The van der Waals surface area contributed by atoms with Crippen molar-refractivity contribution < 1.29 is 9.59 Å². The molecule has 0 atom stereocenters. The second kappa shape index (κ2) is 8.75. The predicted octanol–water partition coefficient (Wildman–Crippen LogP) is 3.10. The topological polar surface area (TPSA) is 37.4 Å². The molecule has 1 aromatic rings. The molecule has 1 rings (SSSR count). The number of thioether (sulfide) groups is 1. The fourth-order valence-electron chi connectivity index (χ4n) is 1.77. The zero-order valence-electron chi connectivity index (χ0n) is 11.6. The molecule has 0 aliphatic carbocycles. The van der Waals surface area contributed by atoms with Gasteiger partial charge in [-0.25, -0.2) is 0 Å². The molecule has 0 radical (unpaired) electrons. The van der Waals surface area contributed by atoms with Gasteiger partial charge in [0.25, 0.3) is 5.12 Å². The molecule has 0 N–H and O–H groups in total. The minimum Gasteiger partial charge on any atom is -0.335 e. The Morgan fingerprint density at radius 2 is 1.63 bits per heavy atom. The first-order chi connectivity index (χ1) is 9.19. The largest absolute Gasteiger partial charge is 0.335 e. The number of carbonyl (C=O) groups excluding carboxylic acids is 2. The molecule has 0 fully saturated rings. The normalized spacial score (nSPS) is 10.2. The van der Waals surface area contributed by atoms with Crippen LogP contribution in [0.1, 0.15) is 32.3 Å². The summed E-state index contributed by atoms with van der Waals surface area (Å²) in [4.78, 5) is 25.5. The number of carbonyl (C=O) groups is 2. The Balaban J connectivity index is 2.49. The summed E-state index contributed by atoms with van der Waals surface area (Å²) >= 11 is 1.09. The SMILES string of the molecule is CCCN(CCC)C(=O)C(=O)SCc1ccccc1. The summed E-state index contributed by atoms with van der Waals surface area (Å²) in [6.45, 7) is 5.34. The van der Waals surface area contributed by atoms with Crippen molar-refractivity contribution in [3.63, 3.8) is 0 Å². The first-order valence-corrected chi connectivity index (χ1v) is 7.67. The van der Waals surface area contributed by atoms with Crippen LogP contribution in [0.25, 0.3) is 0 Å². The Morgan fingerprint density at radius 1 is 1.05 bits per heavy atom. The molecule has 4 heteroatoms. The van der Waals surface area contributed by atoms with Crippen LogP contribution >= 0.6 is 11.8 Å². The highest BCUT2D eigenvalue weighted by atomic mass is 32.2. The van der Waals surface area contributed by atoms with Crippen molar-refractivity contribution in [1.82, 2.24) is 4.90 Å². The van der Waals surface area contributed by atoms with E-state index in [2.05, 4.69) is 0 Å². The van der Waals surface area contributed by atoms with Crippen LogP contribution < -0.4 is 0 Å². The van der Waals surface area contributed by atoms with Gasteiger partial charge in [-0.2, -0.15) is 0 Å². The van der Waals surface area contributed by atoms with Gasteiger partial charge in [0.05, 0.1) is 0 Å². The number of amides is 1. The number of nitrogens with zero attached hydrogens (tertiary/aromatic N) is 1. The maximum Gasteiger partial charge on any atom is 0.301 e. The minimum absolute atomic E-state index is 0.356. The maximum absolute atomic E-state index is 12.0. The van der Waals surface area contributed by atoms with Crippen LogP contribution in [-0.2, 0) is 15.3 Å². The summed E-state index contributed by atoms with van der Waals surface area (Å²) in [5, 5.41) is -0.356. The second-order valence-corrected chi connectivity index (χ2v) is 5.30. The molecule has 104 valence electrons. The zero-order chi connectivity index (χ0) is 14.1. The van der Waals surface area contributed by atoms with Crippen LogP contribution in [0.15, 0.2) is 30.3 Å². The lowest BCUT2D eigenvalue weighted by atomic mass is 10.2. The van der Waals surface area contributed by atoms with Crippen LogP contribution in [0.3, 0.4) is 0 Å². The number of rotatable bonds is 6. The van der Waals surface area contributed by atoms with E-state index < -0.39 is 0 Å². The molecule has 0 heterocycles. The molecule has 0 saturated carbocycles. The third kappa shape index (κ3) is 5.47. The van der Waals surface area contributed by atoms with Crippen LogP contribution in [0.2, 0.25) is 0 Å². The molecule has 0 bridgehead atoms. The van der Waals surface area contributed by atoms with E-state index in [0.29, 0.717) is 18.8 Å². The molecule has 1 amide bonds. The summed E-state index contributed by atoms with van der Waals surface area (Å²) in [5.41, 5.74) is 1.06. The minimum atomic E-state index is -0.357. The highest BCUT2D eigenvalue weighted by molar-refractivity contribution is 8.14. The van der Waals surface area contributed by atoms with Crippen LogP contribution in [0.5, 0.6) is 0 Å². The average Bonchev–Trinajstić information content (AvgIpc) is 2.45. The summed E-state index contributed by atoms with van der Waals surface area (Å²) in [7, 11) is 0. The van der Waals surface area contributed by atoms with Gasteiger partial charge in [-0.1, -0.05) is 55.9 Å². The number of hydrogen-bond acceptors (Lipinski definition) is 3. The molecule has 19 heavy (non-hydrogen) atoms. The van der Waals surface area contributed by atoms with Gasteiger partial charge in [0.1, 0.15) is 0 Å². The van der Waals surface area contributed by atoms with Crippen molar-refractivity contribution in [3.05, 3.63) is 35.9 Å². The molecular weight excluding hydrogens is 258 g/mol. The van der Waals surface area contributed by atoms with E-state index in [1.165, 1.54) is 0 Å². The van der Waals surface area contributed by atoms with Gasteiger partial charge >= 0.3 is 5.91 Å². The highest BCUT2D eigenvalue weighted by Crippen LogP contribution is 2.14. The number of benzene rings is 1. The van der Waals surface area contributed by atoms with Crippen LogP contribution in [0.4, 0.5) is 0 Å². The molecule has 1 aromatic carbocycles. The van der Waals surface area contributed by atoms with Crippen molar-refractivity contribution in [2.75, 3.05) is 13.1 Å². The van der Waals surface area contributed by atoms with Gasteiger partial charge in [-0.3, -0.25) is 9.59 Å². The van der Waals surface area contributed by atoms with Crippen molar-refractivity contribution in [1.29, 1.82) is 0 Å². The third-order valence-corrected chi connectivity index (χ3v) is 3.58. The maximum atomic E-state index is 12.0. The smallest absolute Gasteiger partial charge is 0.301 e. The van der Waals surface area contributed by atoms with Crippen LogP contribution in [0, 0.1) is 0 Å². The Kier molecular flexibility index (Phi) is 7.26. The Bertz CT molecular complexity index is 400. The Morgan fingerprint density at radius 3 is 2.16 bits per heavy atom. The van der Waals surface area contributed by atoms with Crippen molar-refractivity contribution >= 4 is 22.8 Å². The van der Waals surface area contributed by atoms with Gasteiger partial charge in [0.15, 0.2) is 0 Å². The summed E-state index contributed by atoms with van der Waals surface area (Å²) < 4.78 is 0. The lowest BCUT2D eigenvalue weighted by Gasteiger charge is -2.20. The molecular formula is C15H21NO2S. The van der Waals surface area contributed by atoms with Gasteiger partial charge in [0, 0.05) is 18.8 Å². The van der Waals surface area contributed by atoms with E-state index in [1.807, 2.05) is 44.2 Å². The summed E-state index contributed by atoms with van der Waals surface area (Å²) in [5.74, 6) is 0.196. The predicted molar refractivity (Wildman–Crippen MR) is 79.9 cm³/mol. The fraction of sp³-hybridized carbons (Fsp3) is 0.467. The van der Waals surface area contributed by atoms with Gasteiger partial charge in [-0.05, 0) is 18.4 Å². The van der Waals surface area contributed by atoms with Gasteiger partial charge in [0.2, 0.25) is 0 Å². The quantitative estimate of drug-likeness (QED) is 0.751. The molecule has 0 aliphatic rings.